The first kappa shape index (κ1) is 12.9. The minimum atomic E-state index is 0.258. The number of anilines is 2. The van der Waals surface area contributed by atoms with Crippen LogP contribution in [0.2, 0.25) is 0 Å². The molecule has 7 nitrogen and oxygen atoms in total. The summed E-state index contributed by atoms with van der Waals surface area (Å²) in [5.74, 6) is 9.15. The van der Waals surface area contributed by atoms with Crippen molar-refractivity contribution in [1.82, 2.24) is 19.5 Å². The molecule has 3 heterocycles. The molecule has 7 heteroatoms. The average Bonchev–Trinajstić information content (AvgIpc) is 2.94. The van der Waals surface area contributed by atoms with Crippen LogP contribution in [0.25, 0.3) is 0 Å². The number of fused-ring (bicyclic) bond motifs is 1. The number of nitrogens with zero attached hydrogens (tertiary/aromatic N) is 5. The zero-order valence-electron chi connectivity index (χ0n) is 11.7. The normalized spacial score (nSPS) is 14.5. The predicted molar refractivity (Wildman–Crippen MR) is 77.2 cm³/mol. The second-order valence-electron chi connectivity index (χ2n) is 5.23. The fraction of sp³-hybridized carbons (Fsp3) is 0.462. The van der Waals surface area contributed by atoms with E-state index in [1.54, 1.807) is 0 Å². The van der Waals surface area contributed by atoms with Crippen molar-refractivity contribution in [2.45, 2.75) is 32.9 Å². The zero-order valence-corrected chi connectivity index (χ0v) is 11.7. The Morgan fingerprint density at radius 3 is 2.90 bits per heavy atom. The summed E-state index contributed by atoms with van der Waals surface area (Å²) in [5, 5.41) is 0. The van der Waals surface area contributed by atoms with Crippen LogP contribution in [0.5, 0.6) is 0 Å². The molecule has 3 N–H and O–H groups in total. The predicted octanol–water partition coefficient (Wildman–Crippen LogP) is 1.10. The van der Waals surface area contributed by atoms with E-state index in [9.17, 15) is 0 Å². The van der Waals surface area contributed by atoms with Crippen LogP contribution in [0.1, 0.15) is 31.4 Å². The van der Waals surface area contributed by atoms with Crippen molar-refractivity contribution in [2.75, 3.05) is 16.9 Å². The van der Waals surface area contributed by atoms with Crippen LogP contribution < -0.4 is 16.2 Å². The summed E-state index contributed by atoms with van der Waals surface area (Å²) in [5.41, 5.74) is 2.62. The van der Waals surface area contributed by atoms with Crippen LogP contribution in [0.4, 0.5) is 11.6 Å². The molecule has 0 aromatic carbocycles. The second-order valence-corrected chi connectivity index (χ2v) is 5.23. The first-order valence-corrected chi connectivity index (χ1v) is 6.78. The van der Waals surface area contributed by atoms with Crippen molar-refractivity contribution >= 4 is 11.6 Å². The lowest BCUT2D eigenvalue weighted by atomic mass is 10.2. The highest BCUT2D eigenvalue weighted by Gasteiger charge is 2.19. The van der Waals surface area contributed by atoms with Crippen molar-refractivity contribution in [3.8, 4) is 0 Å². The van der Waals surface area contributed by atoms with Gasteiger partial charge in [-0.3, -0.25) is 0 Å². The molecule has 0 atom stereocenters. The van der Waals surface area contributed by atoms with Gasteiger partial charge in [0.2, 0.25) is 0 Å². The molecule has 0 fully saturated rings. The molecular formula is C13H19N7. The van der Waals surface area contributed by atoms with Gasteiger partial charge < -0.3 is 14.9 Å². The van der Waals surface area contributed by atoms with E-state index in [0.29, 0.717) is 5.82 Å². The quantitative estimate of drug-likeness (QED) is 0.643. The fourth-order valence-electron chi connectivity index (χ4n) is 2.32. The molecule has 1 aliphatic heterocycles. The Morgan fingerprint density at radius 1 is 1.30 bits per heavy atom. The van der Waals surface area contributed by atoms with E-state index < -0.39 is 0 Å². The Labute approximate surface area is 117 Å². The Hall–Kier alpha value is -2.15. The monoisotopic (exact) mass is 273 g/mol. The highest BCUT2D eigenvalue weighted by atomic mass is 15.3. The molecule has 0 radical (unpaired) electrons. The van der Waals surface area contributed by atoms with Gasteiger partial charge >= 0.3 is 0 Å². The number of hydrogen-bond acceptors (Lipinski definition) is 6. The molecule has 0 aliphatic carbocycles. The number of imidazole rings is 1. The number of nitrogens with two attached hydrogens (primary N) is 1. The lowest BCUT2D eigenvalue weighted by molar-refractivity contribution is 0.554. The summed E-state index contributed by atoms with van der Waals surface area (Å²) in [6, 6.07) is 1.88. The standard InChI is InChI=1S/C13H19N7/c1-9(2)13-16-10(18-14)7-11(17-13)20-6-5-19-4-3-15-12(19)8-20/h3-4,7,9H,5-6,8,14H2,1-2H3,(H,16,17,18). The summed E-state index contributed by atoms with van der Waals surface area (Å²) in [7, 11) is 0. The van der Waals surface area contributed by atoms with Gasteiger partial charge in [0.25, 0.3) is 0 Å². The largest absolute Gasteiger partial charge is 0.347 e. The smallest absolute Gasteiger partial charge is 0.145 e. The second kappa shape index (κ2) is 5.09. The zero-order chi connectivity index (χ0) is 14.1. The maximum Gasteiger partial charge on any atom is 0.145 e. The van der Waals surface area contributed by atoms with Gasteiger partial charge in [0.15, 0.2) is 0 Å². The molecule has 2 aromatic rings. The van der Waals surface area contributed by atoms with E-state index in [2.05, 4.69) is 43.7 Å². The van der Waals surface area contributed by atoms with Gasteiger partial charge in [0.05, 0.1) is 6.54 Å². The first-order valence-electron chi connectivity index (χ1n) is 6.78. The van der Waals surface area contributed by atoms with Gasteiger partial charge in [-0.05, 0) is 0 Å². The molecule has 3 rings (SSSR count). The van der Waals surface area contributed by atoms with Crippen LogP contribution >= 0.6 is 0 Å². The van der Waals surface area contributed by atoms with Gasteiger partial charge in [-0.15, -0.1) is 0 Å². The van der Waals surface area contributed by atoms with Gasteiger partial charge in [0, 0.05) is 37.5 Å². The van der Waals surface area contributed by atoms with Gasteiger partial charge in [-0.25, -0.2) is 20.8 Å². The third-order valence-electron chi connectivity index (χ3n) is 3.46. The molecule has 0 spiro atoms. The van der Waals surface area contributed by atoms with Crippen molar-refractivity contribution in [2.24, 2.45) is 5.84 Å². The molecule has 0 saturated heterocycles. The summed E-state index contributed by atoms with van der Waals surface area (Å²) >= 11 is 0. The third-order valence-corrected chi connectivity index (χ3v) is 3.46. The Kier molecular flexibility index (Phi) is 3.27. The summed E-state index contributed by atoms with van der Waals surface area (Å²) < 4.78 is 2.17. The van der Waals surface area contributed by atoms with Gasteiger partial charge in [0.1, 0.15) is 23.3 Å². The summed E-state index contributed by atoms with van der Waals surface area (Å²) in [6.07, 6.45) is 3.85. The number of hydrazine groups is 1. The maximum absolute atomic E-state index is 5.50. The van der Waals surface area contributed by atoms with E-state index in [-0.39, 0.29) is 5.92 Å². The fourth-order valence-corrected chi connectivity index (χ4v) is 2.32. The highest BCUT2D eigenvalue weighted by molar-refractivity contribution is 5.49. The summed E-state index contributed by atoms with van der Waals surface area (Å²) in [4.78, 5) is 15.6. The number of aromatic nitrogens is 4. The molecule has 106 valence electrons. The number of rotatable bonds is 3. The molecule has 0 amide bonds. The van der Waals surface area contributed by atoms with Crippen LogP contribution in [-0.2, 0) is 13.1 Å². The van der Waals surface area contributed by atoms with Crippen molar-refractivity contribution in [1.29, 1.82) is 0 Å². The maximum atomic E-state index is 5.50. The molecule has 2 aromatic heterocycles. The Morgan fingerprint density at radius 2 is 2.15 bits per heavy atom. The van der Waals surface area contributed by atoms with E-state index in [1.807, 2.05) is 18.5 Å². The van der Waals surface area contributed by atoms with Crippen molar-refractivity contribution in [3.05, 3.63) is 30.1 Å². The molecule has 0 unspecified atom stereocenters. The molecule has 0 bridgehead atoms. The van der Waals surface area contributed by atoms with E-state index >= 15 is 0 Å². The van der Waals surface area contributed by atoms with E-state index in [4.69, 9.17) is 5.84 Å². The van der Waals surface area contributed by atoms with Gasteiger partial charge in [-0.2, -0.15) is 0 Å². The average molecular weight is 273 g/mol. The lowest BCUT2D eigenvalue weighted by Gasteiger charge is -2.29. The first-order chi connectivity index (χ1) is 9.67. The van der Waals surface area contributed by atoms with Crippen LogP contribution in [0, 0.1) is 0 Å². The minimum Gasteiger partial charge on any atom is -0.347 e. The topological polar surface area (TPSA) is 84.9 Å². The number of hydrogen-bond donors (Lipinski definition) is 2. The summed E-state index contributed by atoms with van der Waals surface area (Å²) in [6.45, 7) is 6.72. The number of nitrogens with one attached hydrogen (secondary N) is 1. The molecule has 0 saturated carbocycles. The minimum absolute atomic E-state index is 0.258. The third kappa shape index (κ3) is 2.32. The molecule has 1 aliphatic rings. The number of nitrogen functional groups attached to an aromatic ring is 1. The molecular weight excluding hydrogens is 254 g/mol. The van der Waals surface area contributed by atoms with Crippen LogP contribution in [0.3, 0.4) is 0 Å². The lowest BCUT2D eigenvalue weighted by Crippen LogP contribution is -2.34. The Bertz CT molecular complexity index is 605. The van der Waals surface area contributed by atoms with E-state index in [0.717, 1.165) is 37.1 Å². The van der Waals surface area contributed by atoms with Crippen LogP contribution in [0.15, 0.2) is 18.5 Å². The van der Waals surface area contributed by atoms with Crippen LogP contribution in [-0.4, -0.2) is 26.1 Å². The van der Waals surface area contributed by atoms with E-state index in [1.165, 1.54) is 0 Å². The molecule has 20 heavy (non-hydrogen) atoms. The van der Waals surface area contributed by atoms with Crippen molar-refractivity contribution < 1.29 is 0 Å². The SMILES string of the molecule is CC(C)c1nc(NN)cc(N2CCn3ccnc3C2)n1. The Balaban J connectivity index is 1.92. The van der Waals surface area contributed by atoms with Gasteiger partial charge in [-0.1, -0.05) is 13.8 Å². The highest BCUT2D eigenvalue weighted by Crippen LogP contribution is 2.22. The van der Waals surface area contributed by atoms with Crippen molar-refractivity contribution in [3.63, 3.8) is 0 Å².